The first-order valence-corrected chi connectivity index (χ1v) is 6.58. The largest absolute Gasteiger partial charge is 0.480 e. The average molecular weight is 276 g/mol. The fourth-order valence-electron chi connectivity index (χ4n) is 1.88. The second-order valence-corrected chi connectivity index (χ2v) is 4.96. The van der Waals surface area contributed by atoms with Crippen LogP contribution in [-0.2, 0) is 11.3 Å². The van der Waals surface area contributed by atoms with Crippen molar-refractivity contribution in [2.24, 2.45) is 5.92 Å². The van der Waals surface area contributed by atoms with Gasteiger partial charge in [-0.05, 0) is 18.4 Å². The van der Waals surface area contributed by atoms with Crippen molar-refractivity contribution >= 4 is 5.97 Å². The van der Waals surface area contributed by atoms with Crippen molar-refractivity contribution in [3.8, 4) is 11.8 Å². The van der Waals surface area contributed by atoms with Crippen molar-refractivity contribution in [2.45, 2.75) is 32.9 Å². The molecule has 0 saturated carbocycles. The summed E-state index contributed by atoms with van der Waals surface area (Å²) in [6, 6.07) is 8.63. The van der Waals surface area contributed by atoms with Crippen LogP contribution in [0.5, 0.6) is 5.75 Å². The van der Waals surface area contributed by atoms with Crippen LogP contribution in [0.2, 0.25) is 0 Å². The summed E-state index contributed by atoms with van der Waals surface area (Å²) in [5.41, 5.74) is 0.845. The van der Waals surface area contributed by atoms with Gasteiger partial charge in [-0.2, -0.15) is 5.26 Å². The highest BCUT2D eigenvalue weighted by Gasteiger charge is 2.18. The second kappa shape index (κ2) is 8.18. The molecule has 0 radical (unpaired) electrons. The fourth-order valence-corrected chi connectivity index (χ4v) is 1.88. The number of benzene rings is 1. The third-order valence-corrected chi connectivity index (χ3v) is 2.81. The zero-order chi connectivity index (χ0) is 15.0. The van der Waals surface area contributed by atoms with Crippen LogP contribution in [0.15, 0.2) is 24.3 Å². The molecule has 0 bridgehead atoms. The first-order chi connectivity index (χ1) is 9.54. The molecule has 0 aliphatic carbocycles. The average Bonchev–Trinajstić information content (AvgIpc) is 2.41. The Labute approximate surface area is 119 Å². The molecule has 0 heterocycles. The monoisotopic (exact) mass is 276 g/mol. The highest BCUT2D eigenvalue weighted by Crippen LogP contribution is 2.18. The lowest BCUT2D eigenvalue weighted by atomic mass is 10.0. The molecule has 20 heavy (non-hydrogen) atoms. The summed E-state index contributed by atoms with van der Waals surface area (Å²) in [7, 11) is 0. The molecule has 0 aliphatic rings. The third kappa shape index (κ3) is 5.29. The molecule has 0 aromatic heterocycles. The molecule has 0 amide bonds. The van der Waals surface area contributed by atoms with Crippen molar-refractivity contribution < 1.29 is 14.6 Å². The zero-order valence-corrected chi connectivity index (χ0v) is 11.8. The van der Waals surface area contributed by atoms with E-state index in [0.29, 0.717) is 24.6 Å². The van der Waals surface area contributed by atoms with Gasteiger partial charge in [0.15, 0.2) is 6.61 Å². The van der Waals surface area contributed by atoms with Crippen LogP contribution in [-0.4, -0.2) is 23.7 Å². The first-order valence-electron chi connectivity index (χ1n) is 6.58. The Hall–Kier alpha value is -2.06. The van der Waals surface area contributed by atoms with Gasteiger partial charge in [-0.25, -0.2) is 0 Å². The highest BCUT2D eigenvalue weighted by atomic mass is 16.5. The Morgan fingerprint density at radius 1 is 1.45 bits per heavy atom. The summed E-state index contributed by atoms with van der Waals surface area (Å²) in [6.07, 6.45) is 0.566. The SMILES string of the molecule is CC(C)CC(NCc1ccccc1OCC#N)C(=O)O. The molecule has 1 aromatic rings. The van der Waals surface area contributed by atoms with Crippen molar-refractivity contribution in [1.29, 1.82) is 5.26 Å². The van der Waals surface area contributed by atoms with Crippen molar-refractivity contribution in [3.05, 3.63) is 29.8 Å². The predicted molar refractivity (Wildman–Crippen MR) is 75.3 cm³/mol. The summed E-state index contributed by atoms with van der Waals surface area (Å²) in [6.45, 7) is 4.35. The summed E-state index contributed by atoms with van der Waals surface area (Å²) < 4.78 is 5.31. The number of nitrogens with one attached hydrogen (secondary N) is 1. The normalized spacial score (nSPS) is 11.9. The van der Waals surface area contributed by atoms with Crippen LogP contribution in [0.25, 0.3) is 0 Å². The molecular weight excluding hydrogens is 256 g/mol. The van der Waals surface area contributed by atoms with E-state index in [1.165, 1.54) is 0 Å². The van der Waals surface area contributed by atoms with E-state index in [2.05, 4.69) is 5.32 Å². The van der Waals surface area contributed by atoms with Gasteiger partial charge >= 0.3 is 5.97 Å². The molecule has 0 spiro atoms. The molecule has 0 saturated heterocycles. The molecule has 5 heteroatoms. The Kier molecular flexibility index (Phi) is 6.54. The summed E-state index contributed by atoms with van der Waals surface area (Å²) in [5.74, 6) is 0.0537. The Morgan fingerprint density at radius 2 is 2.15 bits per heavy atom. The second-order valence-electron chi connectivity index (χ2n) is 4.96. The molecular formula is C15H20N2O3. The quantitative estimate of drug-likeness (QED) is 0.760. The smallest absolute Gasteiger partial charge is 0.320 e. The van der Waals surface area contributed by atoms with E-state index in [9.17, 15) is 9.90 Å². The molecule has 108 valence electrons. The molecule has 0 aliphatic heterocycles. The molecule has 1 atom stereocenters. The minimum absolute atomic E-state index is 0.0225. The number of para-hydroxylation sites is 1. The Balaban J connectivity index is 2.68. The Bertz CT molecular complexity index is 480. The number of nitriles is 1. The van der Waals surface area contributed by atoms with Gasteiger partial charge < -0.3 is 15.2 Å². The maximum absolute atomic E-state index is 11.2. The van der Waals surface area contributed by atoms with Gasteiger partial charge in [0.1, 0.15) is 17.9 Å². The lowest BCUT2D eigenvalue weighted by Crippen LogP contribution is -2.37. The van der Waals surface area contributed by atoms with E-state index in [4.69, 9.17) is 10.00 Å². The van der Waals surface area contributed by atoms with Crippen molar-refractivity contribution in [3.63, 3.8) is 0 Å². The topological polar surface area (TPSA) is 82.3 Å². The van der Waals surface area contributed by atoms with Crippen molar-refractivity contribution in [1.82, 2.24) is 5.32 Å². The first kappa shape index (κ1) is 16.0. The minimum atomic E-state index is -0.853. The summed E-state index contributed by atoms with van der Waals surface area (Å²) in [4.78, 5) is 11.2. The number of carboxylic acid groups (broad SMARTS) is 1. The summed E-state index contributed by atoms with van der Waals surface area (Å²) >= 11 is 0. The number of carboxylic acids is 1. The maximum atomic E-state index is 11.2. The van der Waals surface area contributed by atoms with Gasteiger partial charge in [0, 0.05) is 12.1 Å². The van der Waals surface area contributed by atoms with E-state index in [1.54, 1.807) is 6.07 Å². The molecule has 1 rings (SSSR count). The van der Waals surface area contributed by atoms with Crippen LogP contribution in [0.1, 0.15) is 25.8 Å². The van der Waals surface area contributed by atoms with E-state index < -0.39 is 12.0 Å². The van der Waals surface area contributed by atoms with Crippen LogP contribution in [0, 0.1) is 17.2 Å². The van der Waals surface area contributed by atoms with Crippen LogP contribution in [0.3, 0.4) is 0 Å². The Morgan fingerprint density at radius 3 is 2.75 bits per heavy atom. The number of aliphatic carboxylic acids is 1. The number of nitrogens with zero attached hydrogens (tertiary/aromatic N) is 1. The number of ether oxygens (including phenoxy) is 1. The van der Waals surface area contributed by atoms with E-state index in [1.807, 2.05) is 38.1 Å². The van der Waals surface area contributed by atoms with E-state index in [0.717, 1.165) is 5.56 Å². The van der Waals surface area contributed by atoms with E-state index >= 15 is 0 Å². The van der Waals surface area contributed by atoms with E-state index in [-0.39, 0.29) is 6.61 Å². The number of hydrogen-bond acceptors (Lipinski definition) is 4. The van der Waals surface area contributed by atoms with Gasteiger partial charge in [-0.1, -0.05) is 32.0 Å². The molecule has 1 unspecified atom stereocenters. The lowest BCUT2D eigenvalue weighted by molar-refractivity contribution is -0.140. The molecule has 2 N–H and O–H groups in total. The molecule has 5 nitrogen and oxygen atoms in total. The van der Waals surface area contributed by atoms with Gasteiger partial charge in [-0.3, -0.25) is 4.79 Å². The van der Waals surface area contributed by atoms with Crippen LogP contribution in [0.4, 0.5) is 0 Å². The van der Waals surface area contributed by atoms with Crippen molar-refractivity contribution in [2.75, 3.05) is 6.61 Å². The highest BCUT2D eigenvalue weighted by molar-refractivity contribution is 5.73. The number of carbonyl (C=O) groups is 1. The fraction of sp³-hybridized carbons (Fsp3) is 0.467. The third-order valence-electron chi connectivity index (χ3n) is 2.81. The van der Waals surface area contributed by atoms with Crippen LogP contribution < -0.4 is 10.1 Å². The van der Waals surface area contributed by atoms with Gasteiger partial charge in [0.05, 0.1) is 0 Å². The van der Waals surface area contributed by atoms with Crippen LogP contribution >= 0.6 is 0 Å². The lowest BCUT2D eigenvalue weighted by Gasteiger charge is -2.17. The molecule has 0 fully saturated rings. The zero-order valence-electron chi connectivity index (χ0n) is 11.8. The van der Waals surface area contributed by atoms with Gasteiger partial charge in [0.25, 0.3) is 0 Å². The molecule has 1 aromatic carbocycles. The minimum Gasteiger partial charge on any atom is -0.480 e. The van der Waals surface area contributed by atoms with Gasteiger partial charge in [0.2, 0.25) is 0 Å². The summed E-state index contributed by atoms with van der Waals surface area (Å²) in [5, 5.41) is 20.7. The maximum Gasteiger partial charge on any atom is 0.320 e. The predicted octanol–water partition coefficient (Wildman–Crippen LogP) is 2.18. The number of hydrogen-bond donors (Lipinski definition) is 2. The van der Waals surface area contributed by atoms with Gasteiger partial charge in [-0.15, -0.1) is 0 Å². The number of rotatable bonds is 8. The standard InChI is InChI=1S/C15H20N2O3/c1-11(2)9-13(15(18)19)17-10-12-5-3-4-6-14(12)20-8-7-16/h3-6,11,13,17H,8-10H2,1-2H3,(H,18,19).